The molecule has 1 amide bonds. The summed E-state index contributed by atoms with van der Waals surface area (Å²) in [5, 5.41) is 7.86. The highest BCUT2D eigenvalue weighted by Crippen LogP contribution is 2.30. The fraction of sp³-hybridized carbons (Fsp3) is 0.286. The van der Waals surface area contributed by atoms with Gasteiger partial charge in [-0.25, -0.2) is 14.1 Å². The molecule has 2 aromatic heterocycles. The molecule has 0 bridgehead atoms. The SMILES string of the molecule is Cc1ccc(C(N)=O)c(Nc2cc(C(C)(C)C)nn2-c2cc(F)ccc2C)n1. The molecule has 1 aromatic carbocycles. The van der Waals surface area contributed by atoms with Gasteiger partial charge >= 0.3 is 0 Å². The lowest BCUT2D eigenvalue weighted by Crippen LogP contribution is -2.15. The number of aromatic nitrogens is 3. The van der Waals surface area contributed by atoms with Crippen molar-refractivity contribution in [1.29, 1.82) is 0 Å². The molecule has 0 spiro atoms. The van der Waals surface area contributed by atoms with E-state index in [1.807, 2.05) is 40.7 Å². The molecule has 0 saturated carbocycles. The average molecular weight is 381 g/mol. The molecule has 28 heavy (non-hydrogen) atoms. The van der Waals surface area contributed by atoms with Crippen LogP contribution in [0.25, 0.3) is 5.69 Å². The monoisotopic (exact) mass is 381 g/mol. The van der Waals surface area contributed by atoms with E-state index in [0.29, 0.717) is 17.3 Å². The van der Waals surface area contributed by atoms with Crippen molar-refractivity contribution >= 4 is 17.5 Å². The molecular weight excluding hydrogens is 357 g/mol. The summed E-state index contributed by atoms with van der Waals surface area (Å²) in [4.78, 5) is 16.2. The number of rotatable bonds is 4. The lowest BCUT2D eigenvalue weighted by molar-refractivity contribution is 0.100. The number of amides is 1. The summed E-state index contributed by atoms with van der Waals surface area (Å²) in [6, 6.07) is 9.77. The van der Waals surface area contributed by atoms with Crippen LogP contribution in [0.4, 0.5) is 16.0 Å². The number of pyridine rings is 1. The first-order chi connectivity index (χ1) is 13.1. The number of benzene rings is 1. The summed E-state index contributed by atoms with van der Waals surface area (Å²) < 4.78 is 15.6. The highest BCUT2D eigenvalue weighted by Gasteiger charge is 2.22. The second-order valence-electron chi connectivity index (χ2n) is 7.85. The second-order valence-corrected chi connectivity index (χ2v) is 7.85. The number of hydrogen-bond donors (Lipinski definition) is 2. The van der Waals surface area contributed by atoms with Crippen LogP contribution in [0.3, 0.4) is 0 Å². The van der Waals surface area contributed by atoms with E-state index < -0.39 is 5.91 Å². The quantitative estimate of drug-likeness (QED) is 0.710. The van der Waals surface area contributed by atoms with Gasteiger partial charge in [0.2, 0.25) is 0 Å². The molecule has 0 radical (unpaired) electrons. The third-order valence-electron chi connectivity index (χ3n) is 4.42. The van der Waals surface area contributed by atoms with Crippen LogP contribution in [0, 0.1) is 19.7 Å². The molecule has 3 N–H and O–H groups in total. The third kappa shape index (κ3) is 3.88. The van der Waals surface area contributed by atoms with Gasteiger partial charge in [0.1, 0.15) is 17.5 Å². The number of primary amides is 1. The van der Waals surface area contributed by atoms with Crippen molar-refractivity contribution in [2.75, 3.05) is 5.32 Å². The third-order valence-corrected chi connectivity index (χ3v) is 4.42. The Hall–Kier alpha value is -3.22. The fourth-order valence-electron chi connectivity index (χ4n) is 2.80. The summed E-state index contributed by atoms with van der Waals surface area (Å²) in [7, 11) is 0. The maximum Gasteiger partial charge on any atom is 0.252 e. The molecule has 146 valence electrons. The van der Waals surface area contributed by atoms with Gasteiger partial charge in [0.05, 0.1) is 16.9 Å². The van der Waals surface area contributed by atoms with Gasteiger partial charge in [-0.1, -0.05) is 26.8 Å². The summed E-state index contributed by atoms with van der Waals surface area (Å²) >= 11 is 0. The van der Waals surface area contributed by atoms with Gasteiger partial charge < -0.3 is 11.1 Å². The van der Waals surface area contributed by atoms with Crippen LogP contribution in [-0.2, 0) is 5.41 Å². The standard InChI is InChI=1S/C21H24FN5O/c1-12-6-8-14(22)10-16(12)27-18(11-17(26-27)21(3,4)5)25-20-15(19(23)28)9-7-13(2)24-20/h6-11H,1-5H3,(H2,23,28)(H,24,25). The predicted molar refractivity (Wildman–Crippen MR) is 108 cm³/mol. The van der Waals surface area contributed by atoms with Gasteiger partial charge in [0, 0.05) is 17.2 Å². The van der Waals surface area contributed by atoms with Crippen LogP contribution in [0.1, 0.15) is 48.1 Å². The Morgan fingerprint density at radius 2 is 1.86 bits per heavy atom. The molecule has 0 aliphatic heterocycles. The van der Waals surface area contributed by atoms with Crippen LogP contribution in [0.2, 0.25) is 0 Å². The molecule has 0 saturated heterocycles. The largest absolute Gasteiger partial charge is 0.365 e. The Labute approximate surface area is 163 Å². The highest BCUT2D eigenvalue weighted by atomic mass is 19.1. The van der Waals surface area contributed by atoms with E-state index in [2.05, 4.69) is 10.3 Å². The van der Waals surface area contributed by atoms with Crippen molar-refractivity contribution in [3.63, 3.8) is 0 Å². The van der Waals surface area contributed by atoms with E-state index in [-0.39, 0.29) is 16.8 Å². The summed E-state index contributed by atoms with van der Waals surface area (Å²) in [5.41, 5.74) is 8.55. The number of carbonyl (C=O) groups is 1. The first-order valence-electron chi connectivity index (χ1n) is 8.98. The van der Waals surface area contributed by atoms with Gasteiger partial charge in [0.15, 0.2) is 0 Å². The van der Waals surface area contributed by atoms with Gasteiger partial charge in [-0.15, -0.1) is 0 Å². The maximum absolute atomic E-state index is 13.9. The van der Waals surface area contributed by atoms with Crippen LogP contribution < -0.4 is 11.1 Å². The zero-order valence-electron chi connectivity index (χ0n) is 16.7. The number of aryl methyl sites for hydroxylation is 2. The number of anilines is 2. The van der Waals surface area contributed by atoms with Crippen molar-refractivity contribution in [3.05, 3.63) is 64.7 Å². The minimum absolute atomic E-state index is 0.227. The Kier molecular flexibility index (Phi) is 4.93. The zero-order chi connectivity index (χ0) is 20.6. The van der Waals surface area contributed by atoms with E-state index in [0.717, 1.165) is 17.0 Å². The number of nitrogens with one attached hydrogen (secondary N) is 1. The predicted octanol–water partition coefficient (Wildman–Crippen LogP) is 4.16. The van der Waals surface area contributed by atoms with Gasteiger partial charge in [-0.2, -0.15) is 5.10 Å². The molecule has 7 heteroatoms. The van der Waals surface area contributed by atoms with Crippen molar-refractivity contribution in [2.24, 2.45) is 5.73 Å². The van der Waals surface area contributed by atoms with Crippen molar-refractivity contribution < 1.29 is 9.18 Å². The fourth-order valence-corrected chi connectivity index (χ4v) is 2.80. The van der Waals surface area contributed by atoms with Crippen molar-refractivity contribution in [3.8, 4) is 5.69 Å². The summed E-state index contributed by atoms with van der Waals surface area (Å²) in [6.45, 7) is 9.84. The van der Waals surface area contributed by atoms with Gasteiger partial charge in [-0.3, -0.25) is 4.79 Å². The lowest BCUT2D eigenvalue weighted by Gasteiger charge is -2.14. The summed E-state index contributed by atoms with van der Waals surface area (Å²) in [6.07, 6.45) is 0. The minimum atomic E-state index is -0.584. The number of carbonyl (C=O) groups excluding carboxylic acids is 1. The first kappa shape index (κ1) is 19.5. The number of nitrogens with zero attached hydrogens (tertiary/aromatic N) is 3. The average Bonchev–Trinajstić information content (AvgIpc) is 3.01. The maximum atomic E-state index is 13.9. The summed E-state index contributed by atoms with van der Waals surface area (Å²) in [5.74, 6) is -0.0349. The van der Waals surface area contributed by atoms with Crippen molar-refractivity contribution in [1.82, 2.24) is 14.8 Å². The Morgan fingerprint density at radius 1 is 1.14 bits per heavy atom. The van der Waals surface area contributed by atoms with Crippen molar-refractivity contribution in [2.45, 2.75) is 40.0 Å². The van der Waals surface area contributed by atoms with E-state index in [1.165, 1.54) is 12.1 Å². The van der Waals surface area contributed by atoms with Crippen LogP contribution >= 0.6 is 0 Å². The van der Waals surface area contributed by atoms with E-state index >= 15 is 0 Å². The molecule has 6 nitrogen and oxygen atoms in total. The molecule has 3 rings (SSSR count). The molecule has 0 fully saturated rings. The molecule has 0 atom stereocenters. The van der Waals surface area contributed by atoms with E-state index in [1.54, 1.807) is 22.9 Å². The molecule has 0 aliphatic carbocycles. The van der Waals surface area contributed by atoms with Crippen LogP contribution in [0.15, 0.2) is 36.4 Å². The van der Waals surface area contributed by atoms with Gasteiger partial charge in [-0.05, 0) is 43.7 Å². The second kappa shape index (κ2) is 7.07. The first-order valence-corrected chi connectivity index (χ1v) is 8.98. The van der Waals surface area contributed by atoms with Crippen LogP contribution in [0.5, 0.6) is 0 Å². The smallest absolute Gasteiger partial charge is 0.252 e. The number of hydrogen-bond acceptors (Lipinski definition) is 4. The molecule has 2 heterocycles. The lowest BCUT2D eigenvalue weighted by atomic mass is 9.92. The zero-order valence-corrected chi connectivity index (χ0v) is 16.7. The van der Waals surface area contributed by atoms with E-state index in [4.69, 9.17) is 10.8 Å². The molecule has 3 aromatic rings. The van der Waals surface area contributed by atoms with Gasteiger partial charge in [0.25, 0.3) is 5.91 Å². The highest BCUT2D eigenvalue weighted by molar-refractivity contribution is 5.98. The number of nitrogens with two attached hydrogens (primary N) is 1. The molecular formula is C21H24FN5O. The Morgan fingerprint density at radius 3 is 2.50 bits per heavy atom. The normalized spacial score (nSPS) is 11.5. The topological polar surface area (TPSA) is 85.8 Å². The Balaban J connectivity index is 2.19. The molecule has 0 aliphatic rings. The Bertz CT molecular complexity index is 1050. The number of halogens is 1. The van der Waals surface area contributed by atoms with Crippen LogP contribution in [-0.4, -0.2) is 20.7 Å². The minimum Gasteiger partial charge on any atom is -0.365 e. The molecule has 0 unspecified atom stereocenters. The van der Waals surface area contributed by atoms with E-state index in [9.17, 15) is 9.18 Å².